The third kappa shape index (κ3) is 0.955. The Labute approximate surface area is 69.5 Å². The van der Waals surface area contributed by atoms with E-state index in [-0.39, 0.29) is 5.88 Å². The first-order valence-corrected chi connectivity index (χ1v) is 3.52. The smallest absolute Gasteiger partial charge is 0.213 e. The Morgan fingerprint density at radius 2 is 2.33 bits per heavy atom. The van der Waals surface area contributed by atoms with E-state index in [0.717, 1.165) is 10.8 Å². The Balaban J connectivity index is 2.89. The van der Waals surface area contributed by atoms with Crippen LogP contribution in [0.4, 0.5) is 5.82 Å². The summed E-state index contributed by atoms with van der Waals surface area (Å²) in [5, 5.41) is 10.8. The van der Waals surface area contributed by atoms with Crippen molar-refractivity contribution in [1.29, 1.82) is 0 Å². The first-order chi connectivity index (χ1) is 5.77. The summed E-state index contributed by atoms with van der Waals surface area (Å²) in [4.78, 5) is 3.72. The van der Waals surface area contributed by atoms with Crippen LogP contribution in [0.3, 0.4) is 0 Å². The van der Waals surface area contributed by atoms with Crippen LogP contribution >= 0.6 is 0 Å². The molecule has 59 valence electrons. The van der Waals surface area contributed by atoms with Gasteiger partial charge in [-0.15, -0.1) is 0 Å². The second-order valence-electron chi connectivity index (χ2n) is 2.51. The summed E-state index contributed by atoms with van der Waals surface area (Å²) in [5.74, 6) is 0.285. The normalized spacial score (nSPS) is 10.3. The first-order valence-electron chi connectivity index (χ1n) is 3.52. The van der Waals surface area contributed by atoms with E-state index >= 15 is 0 Å². The van der Waals surface area contributed by atoms with Gasteiger partial charge in [-0.05, 0) is 17.5 Å². The van der Waals surface area contributed by atoms with E-state index in [4.69, 9.17) is 10.8 Å². The minimum atomic E-state index is -0.0498. The van der Waals surface area contributed by atoms with Gasteiger partial charge in [-0.3, -0.25) is 0 Å². The predicted octanol–water partition coefficient (Wildman–Crippen LogP) is 1.32. The minimum absolute atomic E-state index is 0.0498. The first kappa shape index (κ1) is 6.91. The highest BCUT2D eigenvalue weighted by Crippen LogP contribution is 2.21. The van der Waals surface area contributed by atoms with Gasteiger partial charge in [-0.2, -0.15) is 4.98 Å². The van der Waals surface area contributed by atoms with Crippen molar-refractivity contribution in [1.82, 2.24) is 4.98 Å². The summed E-state index contributed by atoms with van der Waals surface area (Å²) < 4.78 is 0. The number of aromatic nitrogens is 1. The molecular weight excluding hydrogens is 152 g/mol. The highest BCUT2D eigenvalue weighted by atomic mass is 16.3. The number of rotatable bonds is 0. The zero-order valence-corrected chi connectivity index (χ0v) is 6.28. The molecule has 0 aliphatic carbocycles. The molecule has 0 unspecified atom stereocenters. The fraction of sp³-hybridized carbons (Fsp3) is 0. The maximum atomic E-state index is 9.11. The predicted molar refractivity (Wildman–Crippen MR) is 46.7 cm³/mol. The van der Waals surface area contributed by atoms with Gasteiger partial charge in [0.2, 0.25) is 5.88 Å². The van der Waals surface area contributed by atoms with Crippen LogP contribution in [0.1, 0.15) is 0 Å². The summed E-state index contributed by atoms with van der Waals surface area (Å²) in [5.41, 5.74) is 5.57. The van der Waals surface area contributed by atoms with Gasteiger partial charge in [0, 0.05) is 11.5 Å². The summed E-state index contributed by atoms with van der Waals surface area (Å²) >= 11 is 0. The van der Waals surface area contributed by atoms with Gasteiger partial charge in [0.15, 0.2) is 0 Å². The summed E-state index contributed by atoms with van der Waals surface area (Å²) in [6.07, 6.45) is 0. The molecule has 1 heterocycles. The largest absolute Gasteiger partial charge is 0.493 e. The zero-order valence-electron chi connectivity index (χ0n) is 6.28. The number of nitrogens with two attached hydrogens (primary N) is 1. The summed E-state index contributed by atoms with van der Waals surface area (Å²) in [6, 6.07) is 9.80. The molecule has 0 amide bonds. The molecule has 2 aromatic rings. The van der Waals surface area contributed by atoms with Gasteiger partial charge < -0.3 is 10.8 Å². The maximum Gasteiger partial charge on any atom is 0.213 e. The van der Waals surface area contributed by atoms with E-state index in [1.807, 2.05) is 6.07 Å². The van der Waals surface area contributed by atoms with Gasteiger partial charge in [0.1, 0.15) is 5.82 Å². The lowest BCUT2D eigenvalue weighted by Crippen LogP contribution is -1.90. The molecule has 1 radical (unpaired) electrons. The second-order valence-corrected chi connectivity index (χ2v) is 2.51. The van der Waals surface area contributed by atoms with Crippen LogP contribution < -0.4 is 5.73 Å². The van der Waals surface area contributed by atoms with E-state index < -0.39 is 0 Å². The maximum absolute atomic E-state index is 9.11. The average Bonchev–Trinajstić information content (AvgIpc) is 2.04. The molecular formula is C9H7N2O. The zero-order chi connectivity index (χ0) is 8.55. The lowest BCUT2D eigenvalue weighted by atomic mass is 10.1. The molecule has 3 nitrogen and oxygen atoms in total. The Morgan fingerprint density at radius 3 is 3.17 bits per heavy atom. The second kappa shape index (κ2) is 2.37. The molecule has 0 saturated heterocycles. The topological polar surface area (TPSA) is 59.1 Å². The molecule has 1 aromatic carbocycles. The average molecular weight is 159 g/mol. The number of hydrogen-bond acceptors (Lipinski definition) is 3. The molecule has 1 aromatic heterocycles. The Hall–Kier alpha value is -1.77. The van der Waals surface area contributed by atoms with Gasteiger partial charge in [-0.25, -0.2) is 0 Å². The van der Waals surface area contributed by atoms with Gasteiger partial charge in [-0.1, -0.05) is 12.1 Å². The van der Waals surface area contributed by atoms with Crippen molar-refractivity contribution in [2.45, 2.75) is 0 Å². The molecule has 0 saturated carbocycles. The van der Waals surface area contributed by atoms with E-state index in [2.05, 4.69) is 11.1 Å². The number of pyridine rings is 1. The van der Waals surface area contributed by atoms with Gasteiger partial charge in [0.25, 0.3) is 0 Å². The standard InChI is InChI=1S/C9H7N2O/c10-9-7-4-2-1-3-6(7)5-8(12)11-9/h1,3-5H,(H3,10,11,12). The van der Waals surface area contributed by atoms with Crippen LogP contribution in [0.25, 0.3) is 10.8 Å². The van der Waals surface area contributed by atoms with Crippen LogP contribution in [-0.2, 0) is 0 Å². The number of benzene rings is 1. The third-order valence-electron chi connectivity index (χ3n) is 1.69. The van der Waals surface area contributed by atoms with Gasteiger partial charge in [0.05, 0.1) is 0 Å². The Morgan fingerprint density at radius 1 is 1.50 bits per heavy atom. The van der Waals surface area contributed by atoms with Crippen LogP contribution in [0.2, 0.25) is 0 Å². The van der Waals surface area contributed by atoms with Crippen LogP contribution in [0.15, 0.2) is 24.3 Å². The fourth-order valence-corrected chi connectivity index (χ4v) is 1.15. The lowest BCUT2D eigenvalue weighted by Gasteiger charge is -2.00. The number of nitrogens with zero attached hydrogens (tertiary/aromatic N) is 1. The number of fused-ring (bicyclic) bond motifs is 1. The summed E-state index contributed by atoms with van der Waals surface area (Å²) in [7, 11) is 0. The van der Waals surface area contributed by atoms with Crippen LogP contribution in [0.5, 0.6) is 5.88 Å². The lowest BCUT2D eigenvalue weighted by molar-refractivity contribution is 0.455. The number of aromatic hydroxyl groups is 1. The van der Waals surface area contributed by atoms with Gasteiger partial charge >= 0.3 is 0 Å². The summed E-state index contributed by atoms with van der Waals surface area (Å²) in [6.45, 7) is 0. The van der Waals surface area contributed by atoms with Crippen LogP contribution in [-0.4, -0.2) is 10.1 Å². The molecule has 3 N–H and O–H groups in total. The molecule has 0 fully saturated rings. The highest BCUT2D eigenvalue weighted by molar-refractivity contribution is 5.91. The fourth-order valence-electron chi connectivity index (χ4n) is 1.15. The van der Waals surface area contributed by atoms with Crippen molar-refractivity contribution in [2.75, 3.05) is 5.73 Å². The van der Waals surface area contributed by atoms with Crippen molar-refractivity contribution in [3.8, 4) is 5.88 Å². The SMILES string of the molecule is Nc1nc(O)cc2cc[c]cc12. The van der Waals surface area contributed by atoms with E-state index in [1.54, 1.807) is 18.2 Å². The van der Waals surface area contributed by atoms with E-state index in [9.17, 15) is 0 Å². The molecule has 0 spiro atoms. The molecule has 0 atom stereocenters. The minimum Gasteiger partial charge on any atom is -0.493 e. The quantitative estimate of drug-likeness (QED) is 0.609. The van der Waals surface area contributed by atoms with Crippen molar-refractivity contribution < 1.29 is 5.11 Å². The van der Waals surface area contributed by atoms with Crippen molar-refractivity contribution in [3.05, 3.63) is 30.3 Å². The Bertz CT molecular complexity index is 426. The van der Waals surface area contributed by atoms with Crippen LogP contribution in [0, 0.1) is 6.07 Å². The molecule has 12 heavy (non-hydrogen) atoms. The molecule has 2 rings (SSSR count). The van der Waals surface area contributed by atoms with E-state index in [0.29, 0.717) is 5.82 Å². The number of hydrogen-bond donors (Lipinski definition) is 2. The molecule has 0 bridgehead atoms. The number of anilines is 1. The Kier molecular flexibility index (Phi) is 1.37. The van der Waals surface area contributed by atoms with Crippen molar-refractivity contribution in [3.63, 3.8) is 0 Å². The molecule has 0 aliphatic heterocycles. The van der Waals surface area contributed by atoms with Crippen molar-refractivity contribution in [2.24, 2.45) is 0 Å². The molecule has 3 heteroatoms. The monoisotopic (exact) mass is 159 g/mol. The number of nitrogen functional groups attached to an aromatic ring is 1. The molecule has 0 aliphatic rings. The van der Waals surface area contributed by atoms with E-state index in [1.165, 1.54) is 0 Å². The third-order valence-corrected chi connectivity index (χ3v) is 1.69. The van der Waals surface area contributed by atoms with Crippen molar-refractivity contribution >= 4 is 16.6 Å². The highest BCUT2D eigenvalue weighted by Gasteiger charge is 1.99.